The Hall–Kier alpha value is -1.68. The highest BCUT2D eigenvalue weighted by atomic mass is 79.9. The minimum absolute atomic E-state index is 0.703. The summed E-state index contributed by atoms with van der Waals surface area (Å²) in [6.45, 7) is 7.71. The molecule has 0 aromatic carbocycles. The molecule has 2 aromatic rings. The van der Waals surface area contributed by atoms with Crippen LogP contribution < -0.4 is 9.88 Å². The van der Waals surface area contributed by atoms with Crippen molar-refractivity contribution in [2.24, 2.45) is 5.92 Å². The van der Waals surface area contributed by atoms with Gasteiger partial charge in [0.15, 0.2) is 5.69 Å². The van der Waals surface area contributed by atoms with Crippen LogP contribution in [-0.2, 0) is 6.54 Å². The van der Waals surface area contributed by atoms with Gasteiger partial charge in [0.25, 0.3) is 0 Å². The normalized spacial score (nSPS) is 11.3. The zero-order valence-corrected chi connectivity index (χ0v) is 15.0. The monoisotopic (exact) mass is 360 g/mol. The molecule has 0 aliphatic heterocycles. The van der Waals surface area contributed by atoms with Crippen LogP contribution in [0.15, 0.2) is 47.2 Å². The number of nitrogens with one attached hydrogen (secondary N) is 1. The minimum Gasteiger partial charge on any atom is -0.346 e. The lowest BCUT2D eigenvalue weighted by Gasteiger charge is -2.06. The lowest BCUT2D eigenvalue weighted by Crippen LogP contribution is -2.40. The van der Waals surface area contributed by atoms with E-state index in [4.69, 9.17) is 0 Å². The van der Waals surface area contributed by atoms with Crippen LogP contribution >= 0.6 is 15.9 Å². The van der Waals surface area contributed by atoms with Crippen molar-refractivity contribution in [3.8, 4) is 0 Å². The Labute approximate surface area is 141 Å². The van der Waals surface area contributed by atoms with Crippen LogP contribution in [0.2, 0.25) is 0 Å². The molecule has 0 bridgehead atoms. The van der Waals surface area contributed by atoms with E-state index < -0.39 is 0 Å². The fraction of sp³-hybridized carbons (Fsp3) is 0.333. The van der Waals surface area contributed by atoms with Crippen molar-refractivity contribution in [3.05, 3.63) is 58.6 Å². The van der Waals surface area contributed by atoms with Crippen LogP contribution in [0.3, 0.4) is 0 Å². The van der Waals surface area contributed by atoms with Crippen LogP contribution in [0.5, 0.6) is 0 Å². The van der Waals surface area contributed by atoms with Gasteiger partial charge in [-0.25, -0.2) is 4.98 Å². The van der Waals surface area contributed by atoms with E-state index in [1.807, 2.05) is 18.3 Å². The smallest absolute Gasteiger partial charge is 0.206 e. The highest BCUT2D eigenvalue weighted by Gasteiger charge is 2.11. The van der Waals surface area contributed by atoms with Crippen molar-refractivity contribution >= 4 is 27.8 Å². The number of nitrogens with zero attached hydrogens (tertiary/aromatic N) is 2. The second-order valence-corrected chi connectivity index (χ2v) is 6.68. The highest BCUT2D eigenvalue weighted by molar-refractivity contribution is 9.10. The number of halogens is 1. The zero-order chi connectivity index (χ0) is 15.9. The van der Waals surface area contributed by atoms with Crippen molar-refractivity contribution < 1.29 is 4.57 Å². The first-order valence-electron chi connectivity index (χ1n) is 7.60. The maximum Gasteiger partial charge on any atom is 0.206 e. The number of hydrogen-bond donors (Lipinski definition) is 1. The van der Waals surface area contributed by atoms with Gasteiger partial charge in [-0.1, -0.05) is 13.8 Å². The molecule has 2 rings (SSSR count). The molecule has 1 N–H and O–H groups in total. The third-order valence-corrected chi connectivity index (χ3v) is 3.95. The Morgan fingerprint density at radius 3 is 2.77 bits per heavy atom. The van der Waals surface area contributed by atoms with Crippen molar-refractivity contribution in [1.82, 2.24) is 4.98 Å². The Morgan fingerprint density at radius 1 is 1.27 bits per heavy atom. The van der Waals surface area contributed by atoms with Crippen LogP contribution in [-0.4, -0.2) is 4.98 Å². The molecular formula is C18H23BrN3+. The van der Waals surface area contributed by atoms with E-state index in [-0.39, 0.29) is 0 Å². The van der Waals surface area contributed by atoms with Gasteiger partial charge in [0.1, 0.15) is 12.4 Å². The van der Waals surface area contributed by atoms with Gasteiger partial charge in [0.2, 0.25) is 5.69 Å². The van der Waals surface area contributed by atoms with Crippen molar-refractivity contribution in [2.45, 2.75) is 33.7 Å². The topological polar surface area (TPSA) is 28.8 Å². The second kappa shape index (κ2) is 8.08. The summed E-state index contributed by atoms with van der Waals surface area (Å²) in [6, 6.07) is 10.3. The molecule has 0 aliphatic rings. The van der Waals surface area contributed by atoms with E-state index in [2.05, 4.69) is 75.8 Å². The van der Waals surface area contributed by atoms with Gasteiger partial charge in [0.05, 0.1) is 0 Å². The molecule has 3 nitrogen and oxygen atoms in total. The van der Waals surface area contributed by atoms with E-state index in [1.165, 1.54) is 17.8 Å². The molecule has 0 unspecified atom stereocenters. The van der Waals surface area contributed by atoms with Gasteiger partial charge in [0, 0.05) is 48.4 Å². The first kappa shape index (κ1) is 16.7. The summed E-state index contributed by atoms with van der Waals surface area (Å²) < 4.78 is 3.33. The molecule has 0 atom stereocenters. The Morgan fingerprint density at radius 2 is 2.09 bits per heavy atom. The van der Waals surface area contributed by atoms with E-state index in [0.717, 1.165) is 16.8 Å². The number of anilines is 1. The highest BCUT2D eigenvalue weighted by Crippen LogP contribution is 2.10. The molecule has 2 heterocycles. The van der Waals surface area contributed by atoms with Crippen molar-refractivity contribution in [3.63, 3.8) is 0 Å². The van der Waals surface area contributed by atoms with E-state index in [1.54, 1.807) is 6.20 Å². The fourth-order valence-corrected chi connectivity index (χ4v) is 2.42. The molecule has 0 saturated carbocycles. The van der Waals surface area contributed by atoms with Gasteiger partial charge < -0.3 is 5.32 Å². The van der Waals surface area contributed by atoms with E-state index in [0.29, 0.717) is 5.92 Å². The first-order valence-corrected chi connectivity index (χ1v) is 8.39. The summed E-state index contributed by atoms with van der Waals surface area (Å²) in [5.41, 5.74) is 2.48. The predicted molar refractivity (Wildman–Crippen MR) is 95.4 cm³/mol. The molecular weight excluding hydrogens is 338 g/mol. The van der Waals surface area contributed by atoms with Crippen molar-refractivity contribution in [1.29, 1.82) is 0 Å². The number of aromatic nitrogens is 2. The number of hydrogen-bond acceptors (Lipinski definition) is 2. The van der Waals surface area contributed by atoms with Gasteiger partial charge in [-0.15, -0.1) is 0 Å². The standard InChI is InChI=1S/C18H22BrN3/c1-14(2)10-12-22-15(3)5-4-6-17(22)9-11-20-18-8-7-16(19)13-21-18/h4-9,11,13-14H,10,12H2,1-3H3/p+1. The molecule has 22 heavy (non-hydrogen) atoms. The third-order valence-electron chi connectivity index (χ3n) is 3.48. The molecule has 0 aliphatic carbocycles. The van der Waals surface area contributed by atoms with E-state index >= 15 is 0 Å². The fourth-order valence-electron chi connectivity index (χ4n) is 2.18. The van der Waals surface area contributed by atoms with Crippen LogP contribution in [0, 0.1) is 12.8 Å². The van der Waals surface area contributed by atoms with Crippen LogP contribution in [0.25, 0.3) is 6.08 Å². The van der Waals surface area contributed by atoms with Crippen molar-refractivity contribution in [2.75, 3.05) is 5.32 Å². The molecule has 116 valence electrons. The van der Waals surface area contributed by atoms with Gasteiger partial charge in [-0.3, -0.25) is 0 Å². The lowest BCUT2D eigenvalue weighted by molar-refractivity contribution is -0.705. The Balaban J connectivity index is 2.09. The van der Waals surface area contributed by atoms with Gasteiger partial charge in [-0.2, -0.15) is 4.57 Å². The molecule has 0 fully saturated rings. The average molecular weight is 361 g/mol. The SMILES string of the molecule is Cc1cccc(/C=C/Nc2ccc(Br)cn2)[n+]1CCC(C)C. The minimum atomic E-state index is 0.703. The summed E-state index contributed by atoms with van der Waals surface area (Å²) >= 11 is 3.39. The summed E-state index contributed by atoms with van der Waals surface area (Å²) in [6.07, 6.45) is 7.00. The lowest BCUT2D eigenvalue weighted by atomic mass is 10.1. The quantitative estimate of drug-likeness (QED) is 0.764. The maximum atomic E-state index is 4.29. The summed E-state index contributed by atoms with van der Waals surface area (Å²) in [7, 11) is 0. The molecule has 0 radical (unpaired) electrons. The summed E-state index contributed by atoms with van der Waals surface area (Å²) in [5.74, 6) is 1.54. The molecule has 0 saturated heterocycles. The second-order valence-electron chi connectivity index (χ2n) is 5.77. The van der Waals surface area contributed by atoms with Gasteiger partial charge in [-0.05, 0) is 40.0 Å². The average Bonchev–Trinajstić information content (AvgIpc) is 2.48. The first-order chi connectivity index (χ1) is 10.6. The molecule has 4 heteroatoms. The predicted octanol–water partition coefficient (Wildman–Crippen LogP) is 4.57. The summed E-state index contributed by atoms with van der Waals surface area (Å²) in [4.78, 5) is 4.29. The Bertz CT molecular complexity index is 633. The zero-order valence-electron chi connectivity index (χ0n) is 13.4. The summed E-state index contributed by atoms with van der Waals surface area (Å²) in [5, 5.41) is 3.21. The van der Waals surface area contributed by atoms with Gasteiger partial charge >= 0.3 is 0 Å². The van der Waals surface area contributed by atoms with Crippen LogP contribution in [0.4, 0.5) is 5.82 Å². The molecule has 0 spiro atoms. The largest absolute Gasteiger partial charge is 0.346 e. The number of rotatable bonds is 6. The molecule has 2 aromatic heterocycles. The number of aryl methyl sites for hydroxylation is 1. The van der Waals surface area contributed by atoms with Crippen LogP contribution in [0.1, 0.15) is 31.7 Å². The molecule has 0 amide bonds. The maximum absolute atomic E-state index is 4.29. The Kier molecular flexibility index (Phi) is 6.13. The van der Waals surface area contributed by atoms with E-state index in [9.17, 15) is 0 Å². The third kappa shape index (κ3) is 4.95. The number of pyridine rings is 2.